The fourth-order valence-corrected chi connectivity index (χ4v) is 1.23. The molecule has 0 aliphatic carbocycles. The summed E-state index contributed by atoms with van der Waals surface area (Å²) in [6.45, 7) is 1.95. The lowest BCUT2D eigenvalue weighted by atomic mass is 10.2. The van der Waals surface area contributed by atoms with Crippen molar-refractivity contribution in [2.75, 3.05) is 33.4 Å². The minimum absolute atomic E-state index is 0.126. The minimum Gasteiger partial charge on any atom is -0.491 e. The van der Waals surface area contributed by atoms with Gasteiger partial charge in [0.25, 0.3) is 5.91 Å². The lowest BCUT2D eigenvalue weighted by molar-refractivity contribution is 0.0954. The molecule has 0 unspecified atom stereocenters. The number of rotatable bonds is 7. The van der Waals surface area contributed by atoms with E-state index in [1.54, 1.807) is 31.4 Å². The van der Waals surface area contributed by atoms with Crippen molar-refractivity contribution in [3.05, 3.63) is 29.8 Å². The van der Waals surface area contributed by atoms with Gasteiger partial charge in [-0.2, -0.15) is 0 Å². The molecule has 5 heteroatoms. The van der Waals surface area contributed by atoms with E-state index in [-0.39, 0.29) is 5.91 Å². The Morgan fingerprint density at radius 2 is 2.00 bits per heavy atom. The van der Waals surface area contributed by atoms with Crippen molar-refractivity contribution >= 4 is 5.91 Å². The van der Waals surface area contributed by atoms with E-state index in [9.17, 15) is 4.79 Å². The van der Waals surface area contributed by atoms with Gasteiger partial charge in [0.2, 0.25) is 0 Å². The van der Waals surface area contributed by atoms with Crippen molar-refractivity contribution in [3.63, 3.8) is 0 Å². The standard InChI is InChI=1S/C12H18N2O3/c1-16-8-9-17-11-4-2-10(3-5-11)12(15)14-7-6-13/h2-5H,6-9,13H2,1H3,(H,14,15). The fourth-order valence-electron chi connectivity index (χ4n) is 1.23. The first-order valence-electron chi connectivity index (χ1n) is 5.48. The van der Waals surface area contributed by atoms with Crippen molar-refractivity contribution in [3.8, 4) is 5.75 Å². The van der Waals surface area contributed by atoms with Gasteiger partial charge in [0.05, 0.1) is 6.61 Å². The molecule has 0 saturated heterocycles. The molecule has 1 aromatic rings. The number of methoxy groups -OCH3 is 1. The normalized spacial score (nSPS) is 10.0. The maximum atomic E-state index is 11.5. The van der Waals surface area contributed by atoms with Crippen molar-refractivity contribution in [2.24, 2.45) is 5.73 Å². The number of carbonyl (C=O) groups excluding carboxylic acids is 1. The summed E-state index contributed by atoms with van der Waals surface area (Å²) in [5.41, 5.74) is 5.90. The lowest BCUT2D eigenvalue weighted by Gasteiger charge is -2.07. The summed E-state index contributed by atoms with van der Waals surface area (Å²) in [4.78, 5) is 11.5. The first kappa shape index (κ1) is 13.5. The van der Waals surface area contributed by atoms with Gasteiger partial charge in [0, 0.05) is 25.8 Å². The molecule has 0 saturated carbocycles. The van der Waals surface area contributed by atoms with Gasteiger partial charge < -0.3 is 20.5 Å². The van der Waals surface area contributed by atoms with Crippen LogP contribution in [-0.4, -0.2) is 39.3 Å². The predicted molar refractivity (Wildman–Crippen MR) is 65.2 cm³/mol. The number of nitrogens with one attached hydrogen (secondary N) is 1. The number of benzene rings is 1. The van der Waals surface area contributed by atoms with Gasteiger partial charge in [-0.15, -0.1) is 0 Å². The average molecular weight is 238 g/mol. The first-order chi connectivity index (χ1) is 8.27. The van der Waals surface area contributed by atoms with Gasteiger partial charge in [0.1, 0.15) is 12.4 Å². The van der Waals surface area contributed by atoms with Crippen LogP contribution in [0.1, 0.15) is 10.4 Å². The number of hydrogen-bond donors (Lipinski definition) is 2. The highest BCUT2D eigenvalue weighted by molar-refractivity contribution is 5.94. The maximum Gasteiger partial charge on any atom is 0.251 e. The molecule has 0 spiro atoms. The summed E-state index contributed by atoms with van der Waals surface area (Å²) < 4.78 is 10.3. The van der Waals surface area contributed by atoms with Crippen LogP contribution in [0.5, 0.6) is 5.75 Å². The monoisotopic (exact) mass is 238 g/mol. The molecule has 0 radical (unpaired) electrons. The molecule has 94 valence electrons. The van der Waals surface area contributed by atoms with E-state index in [4.69, 9.17) is 15.2 Å². The Labute approximate surface area is 101 Å². The Balaban J connectivity index is 2.46. The molecular formula is C12H18N2O3. The fraction of sp³-hybridized carbons (Fsp3) is 0.417. The van der Waals surface area contributed by atoms with Crippen molar-refractivity contribution < 1.29 is 14.3 Å². The van der Waals surface area contributed by atoms with Gasteiger partial charge in [0.15, 0.2) is 0 Å². The second-order valence-electron chi connectivity index (χ2n) is 3.41. The molecule has 1 aromatic carbocycles. The number of amides is 1. The highest BCUT2D eigenvalue weighted by Crippen LogP contribution is 2.11. The molecule has 1 rings (SSSR count). The summed E-state index contributed by atoms with van der Waals surface area (Å²) in [5.74, 6) is 0.594. The molecule has 0 aliphatic rings. The largest absolute Gasteiger partial charge is 0.491 e. The van der Waals surface area contributed by atoms with Crippen molar-refractivity contribution in [2.45, 2.75) is 0 Å². The van der Waals surface area contributed by atoms with E-state index in [1.807, 2.05) is 0 Å². The highest BCUT2D eigenvalue weighted by atomic mass is 16.5. The van der Waals surface area contributed by atoms with Crippen LogP contribution in [0.3, 0.4) is 0 Å². The average Bonchev–Trinajstić information content (AvgIpc) is 2.37. The van der Waals surface area contributed by atoms with Crippen molar-refractivity contribution in [1.82, 2.24) is 5.32 Å². The molecule has 0 aromatic heterocycles. The minimum atomic E-state index is -0.126. The molecule has 3 N–H and O–H groups in total. The van der Waals surface area contributed by atoms with Crippen LogP contribution >= 0.6 is 0 Å². The lowest BCUT2D eigenvalue weighted by Crippen LogP contribution is -2.28. The van der Waals surface area contributed by atoms with E-state index >= 15 is 0 Å². The summed E-state index contributed by atoms with van der Waals surface area (Å²) in [7, 11) is 1.62. The van der Waals surface area contributed by atoms with E-state index in [1.165, 1.54) is 0 Å². The van der Waals surface area contributed by atoms with E-state index in [0.717, 1.165) is 5.75 Å². The zero-order chi connectivity index (χ0) is 12.5. The quantitative estimate of drug-likeness (QED) is 0.674. The Hall–Kier alpha value is -1.59. The van der Waals surface area contributed by atoms with Crippen LogP contribution in [0.2, 0.25) is 0 Å². The predicted octanol–water partition coefficient (Wildman–Crippen LogP) is 0.400. The molecule has 17 heavy (non-hydrogen) atoms. The first-order valence-corrected chi connectivity index (χ1v) is 5.48. The molecule has 0 bridgehead atoms. The van der Waals surface area contributed by atoms with Gasteiger partial charge in [-0.1, -0.05) is 0 Å². The Morgan fingerprint density at radius 1 is 1.29 bits per heavy atom. The molecule has 0 atom stereocenters. The Morgan fingerprint density at radius 3 is 2.59 bits per heavy atom. The maximum absolute atomic E-state index is 11.5. The molecule has 5 nitrogen and oxygen atoms in total. The molecule has 0 fully saturated rings. The molecular weight excluding hydrogens is 220 g/mol. The van der Waals surface area contributed by atoms with Gasteiger partial charge in [-0.25, -0.2) is 0 Å². The number of carbonyl (C=O) groups is 1. The van der Waals surface area contributed by atoms with E-state index in [2.05, 4.69) is 5.32 Å². The molecule has 0 aliphatic heterocycles. The van der Waals surface area contributed by atoms with E-state index in [0.29, 0.717) is 31.9 Å². The van der Waals surface area contributed by atoms with Gasteiger partial charge in [-0.05, 0) is 24.3 Å². The van der Waals surface area contributed by atoms with E-state index < -0.39 is 0 Å². The van der Waals surface area contributed by atoms with Crippen LogP contribution in [0.15, 0.2) is 24.3 Å². The van der Waals surface area contributed by atoms with Crippen LogP contribution in [0, 0.1) is 0 Å². The Bertz CT molecular complexity index is 338. The summed E-state index contributed by atoms with van der Waals surface area (Å²) in [6.07, 6.45) is 0. The zero-order valence-electron chi connectivity index (χ0n) is 9.94. The number of ether oxygens (including phenoxy) is 2. The van der Waals surface area contributed by atoms with Crippen LogP contribution in [0.25, 0.3) is 0 Å². The third-order valence-electron chi connectivity index (χ3n) is 2.10. The third-order valence-corrected chi connectivity index (χ3v) is 2.10. The van der Waals surface area contributed by atoms with Crippen molar-refractivity contribution in [1.29, 1.82) is 0 Å². The topological polar surface area (TPSA) is 73.6 Å². The molecule has 0 heterocycles. The summed E-state index contributed by atoms with van der Waals surface area (Å²) in [5, 5.41) is 2.70. The highest BCUT2D eigenvalue weighted by Gasteiger charge is 2.04. The van der Waals surface area contributed by atoms with Crippen LogP contribution in [0.4, 0.5) is 0 Å². The summed E-state index contributed by atoms with van der Waals surface area (Å²) >= 11 is 0. The second kappa shape index (κ2) is 7.65. The Kier molecular flexibility index (Phi) is 6.06. The van der Waals surface area contributed by atoms with Gasteiger partial charge in [-0.3, -0.25) is 4.79 Å². The number of hydrogen-bond acceptors (Lipinski definition) is 4. The second-order valence-corrected chi connectivity index (χ2v) is 3.41. The van der Waals surface area contributed by atoms with Crippen LogP contribution in [-0.2, 0) is 4.74 Å². The zero-order valence-corrected chi connectivity index (χ0v) is 9.94. The summed E-state index contributed by atoms with van der Waals surface area (Å²) in [6, 6.07) is 6.95. The van der Waals surface area contributed by atoms with Gasteiger partial charge >= 0.3 is 0 Å². The smallest absolute Gasteiger partial charge is 0.251 e. The number of nitrogens with two attached hydrogens (primary N) is 1. The SMILES string of the molecule is COCCOc1ccc(C(=O)NCCN)cc1. The van der Waals surface area contributed by atoms with Crippen LogP contribution < -0.4 is 15.8 Å². The molecule has 1 amide bonds. The third kappa shape index (κ3) is 4.84.